The first kappa shape index (κ1) is 15.3. The first-order valence-corrected chi connectivity index (χ1v) is 6.75. The molecule has 0 aliphatic heterocycles. The van der Waals surface area contributed by atoms with Crippen LogP contribution in [0, 0.1) is 11.8 Å². The fourth-order valence-electron chi connectivity index (χ4n) is 1.59. The largest absolute Gasteiger partial charge is 0.494 e. The van der Waals surface area contributed by atoms with Crippen molar-refractivity contribution in [3.63, 3.8) is 0 Å². The van der Waals surface area contributed by atoms with Gasteiger partial charge in [0.1, 0.15) is 5.75 Å². The van der Waals surface area contributed by atoms with Crippen LogP contribution in [0.25, 0.3) is 0 Å². The zero-order valence-corrected chi connectivity index (χ0v) is 12.2. The number of rotatable bonds is 6. The van der Waals surface area contributed by atoms with Crippen LogP contribution in [0.5, 0.6) is 5.75 Å². The van der Waals surface area contributed by atoms with Crippen molar-refractivity contribution in [1.29, 1.82) is 0 Å². The van der Waals surface area contributed by atoms with Gasteiger partial charge in [-0.25, -0.2) is 0 Å². The first-order chi connectivity index (χ1) is 8.93. The molecule has 0 radical (unpaired) electrons. The third-order valence-electron chi connectivity index (χ3n) is 3.22. The van der Waals surface area contributed by atoms with Crippen LogP contribution in [0.15, 0.2) is 18.2 Å². The van der Waals surface area contributed by atoms with Gasteiger partial charge in [-0.2, -0.15) is 0 Å². The molecule has 0 heterocycles. The molecule has 0 saturated carbocycles. The molecule has 1 aromatic rings. The standard InChI is InChI=1S/C15H24N2O2/c1-5-19-14-7-12(6-13(16)8-14)15(18)17-9-11(4)10(2)3/h6-8,10-11H,5,9,16H2,1-4H3,(H,17,18). The molecule has 1 aromatic carbocycles. The summed E-state index contributed by atoms with van der Waals surface area (Å²) in [7, 11) is 0. The highest BCUT2D eigenvalue weighted by atomic mass is 16.5. The van der Waals surface area contributed by atoms with E-state index < -0.39 is 0 Å². The summed E-state index contributed by atoms with van der Waals surface area (Å²) < 4.78 is 5.38. The summed E-state index contributed by atoms with van der Waals surface area (Å²) in [6.07, 6.45) is 0. The minimum Gasteiger partial charge on any atom is -0.494 e. The predicted octanol–water partition coefficient (Wildman–Crippen LogP) is 2.69. The maximum atomic E-state index is 12.1. The minimum atomic E-state index is -0.110. The summed E-state index contributed by atoms with van der Waals surface area (Å²) in [5.41, 5.74) is 6.85. The van der Waals surface area contributed by atoms with Crippen LogP contribution in [0.1, 0.15) is 38.1 Å². The second-order valence-corrected chi connectivity index (χ2v) is 5.16. The second kappa shape index (κ2) is 7.02. The van der Waals surface area contributed by atoms with E-state index in [1.807, 2.05) is 6.92 Å². The molecule has 0 aromatic heterocycles. The van der Waals surface area contributed by atoms with Crippen molar-refractivity contribution in [3.05, 3.63) is 23.8 Å². The zero-order chi connectivity index (χ0) is 14.4. The zero-order valence-electron chi connectivity index (χ0n) is 12.2. The van der Waals surface area contributed by atoms with E-state index in [0.717, 1.165) is 0 Å². The molecule has 1 unspecified atom stereocenters. The predicted molar refractivity (Wildman–Crippen MR) is 78.4 cm³/mol. The number of anilines is 1. The topological polar surface area (TPSA) is 64.3 Å². The van der Waals surface area contributed by atoms with Crippen LogP contribution in [0.3, 0.4) is 0 Å². The van der Waals surface area contributed by atoms with Gasteiger partial charge in [-0.1, -0.05) is 20.8 Å². The number of benzene rings is 1. The Hall–Kier alpha value is -1.71. The lowest BCUT2D eigenvalue weighted by atomic mass is 9.98. The van der Waals surface area contributed by atoms with Crippen LogP contribution in [-0.2, 0) is 0 Å². The van der Waals surface area contributed by atoms with Gasteiger partial charge in [0.05, 0.1) is 6.61 Å². The summed E-state index contributed by atoms with van der Waals surface area (Å²) in [4.78, 5) is 12.1. The number of ether oxygens (including phenoxy) is 1. The van der Waals surface area contributed by atoms with Crippen molar-refractivity contribution in [2.45, 2.75) is 27.7 Å². The van der Waals surface area contributed by atoms with Crippen LogP contribution >= 0.6 is 0 Å². The summed E-state index contributed by atoms with van der Waals surface area (Å²) in [6.45, 7) is 9.52. The van der Waals surface area contributed by atoms with Crippen molar-refractivity contribution < 1.29 is 9.53 Å². The SMILES string of the molecule is CCOc1cc(N)cc(C(=O)NCC(C)C(C)C)c1. The number of carbonyl (C=O) groups excluding carboxylic acids is 1. The summed E-state index contributed by atoms with van der Waals surface area (Å²) in [5, 5.41) is 2.93. The minimum absolute atomic E-state index is 0.110. The number of amides is 1. The lowest BCUT2D eigenvalue weighted by Crippen LogP contribution is -2.30. The van der Waals surface area contributed by atoms with Gasteiger partial charge in [0.2, 0.25) is 0 Å². The summed E-state index contributed by atoms with van der Waals surface area (Å²) in [6, 6.07) is 5.10. The molecule has 0 aliphatic carbocycles. The van der Waals surface area contributed by atoms with E-state index >= 15 is 0 Å². The highest BCUT2D eigenvalue weighted by molar-refractivity contribution is 5.95. The third-order valence-corrected chi connectivity index (χ3v) is 3.22. The van der Waals surface area contributed by atoms with Crippen LogP contribution in [0.4, 0.5) is 5.69 Å². The third kappa shape index (κ3) is 4.81. The van der Waals surface area contributed by atoms with Crippen molar-refractivity contribution in [2.75, 3.05) is 18.9 Å². The number of nitrogens with two attached hydrogens (primary N) is 1. The Bertz CT molecular complexity index is 430. The van der Waals surface area contributed by atoms with Crippen LogP contribution < -0.4 is 15.8 Å². The van der Waals surface area contributed by atoms with Gasteiger partial charge in [-0.3, -0.25) is 4.79 Å². The smallest absolute Gasteiger partial charge is 0.251 e. The Labute approximate surface area is 115 Å². The molecular weight excluding hydrogens is 240 g/mol. The highest BCUT2D eigenvalue weighted by Gasteiger charge is 2.12. The van der Waals surface area contributed by atoms with Crippen LogP contribution in [0.2, 0.25) is 0 Å². The van der Waals surface area contributed by atoms with Crippen molar-refractivity contribution in [2.24, 2.45) is 11.8 Å². The van der Waals surface area contributed by atoms with E-state index in [1.165, 1.54) is 0 Å². The van der Waals surface area contributed by atoms with Crippen LogP contribution in [-0.4, -0.2) is 19.1 Å². The lowest BCUT2D eigenvalue weighted by Gasteiger charge is -2.16. The van der Waals surface area contributed by atoms with Gasteiger partial charge >= 0.3 is 0 Å². The van der Waals surface area contributed by atoms with Gasteiger partial charge in [-0.05, 0) is 30.9 Å². The molecule has 0 spiro atoms. The van der Waals surface area contributed by atoms with E-state index in [2.05, 4.69) is 26.1 Å². The fraction of sp³-hybridized carbons (Fsp3) is 0.533. The molecule has 4 heteroatoms. The van der Waals surface area contributed by atoms with Crippen molar-refractivity contribution in [1.82, 2.24) is 5.32 Å². The van der Waals surface area contributed by atoms with Gasteiger partial charge < -0.3 is 15.8 Å². The number of hydrogen-bond donors (Lipinski definition) is 2. The van der Waals surface area contributed by atoms with E-state index in [9.17, 15) is 4.79 Å². The number of nitrogens with one attached hydrogen (secondary N) is 1. The second-order valence-electron chi connectivity index (χ2n) is 5.16. The number of carbonyl (C=O) groups is 1. The molecule has 106 valence electrons. The average molecular weight is 264 g/mol. The van der Waals surface area contributed by atoms with E-state index in [4.69, 9.17) is 10.5 Å². The highest BCUT2D eigenvalue weighted by Crippen LogP contribution is 2.19. The van der Waals surface area contributed by atoms with Gasteiger partial charge in [0.15, 0.2) is 0 Å². The van der Waals surface area contributed by atoms with Gasteiger partial charge in [-0.15, -0.1) is 0 Å². The Kier molecular flexibility index (Phi) is 5.67. The molecule has 0 saturated heterocycles. The Morgan fingerprint density at radius 3 is 2.58 bits per heavy atom. The Balaban J connectivity index is 2.71. The molecular formula is C15H24N2O2. The fourth-order valence-corrected chi connectivity index (χ4v) is 1.59. The molecule has 3 N–H and O–H groups in total. The Morgan fingerprint density at radius 2 is 2.00 bits per heavy atom. The monoisotopic (exact) mass is 264 g/mol. The molecule has 1 atom stereocenters. The maximum Gasteiger partial charge on any atom is 0.251 e. The van der Waals surface area contributed by atoms with Crippen molar-refractivity contribution in [3.8, 4) is 5.75 Å². The maximum absolute atomic E-state index is 12.1. The van der Waals surface area contributed by atoms with E-state index in [0.29, 0.717) is 42.0 Å². The van der Waals surface area contributed by atoms with Gasteiger partial charge in [0.25, 0.3) is 5.91 Å². The normalized spacial score (nSPS) is 12.3. The summed E-state index contributed by atoms with van der Waals surface area (Å²) >= 11 is 0. The molecule has 19 heavy (non-hydrogen) atoms. The average Bonchev–Trinajstić information content (AvgIpc) is 2.35. The number of nitrogen functional groups attached to an aromatic ring is 1. The van der Waals surface area contributed by atoms with E-state index in [-0.39, 0.29) is 5.91 Å². The van der Waals surface area contributed by atoms with Gasteiger partial charge in [0, 0.05) is 23.9 Å². The molecule has 0 aliphatic rings. The molecule has 0 fully saturated rings. The molecule has 0 bridgehead atoms. The van der Waals surface area contributed by atoms with Crippen molar-refractivity contribution >= 4 is 11.6 Å². The molecule has 1 amide bonds. The first-order valence-electron chi connectivity index (χ1n) is 6.75. The molecule has 4 nitrogen and oxygen atoms in total. The quantitative estimate of drug-likeness (QED) is 0.776. The Morgan fingerprint density at radius 1 is 1.32 bits per heavy atom. The van der Waals surface area contributed by atoms with E-state index in [1.54, 1.807) is 18.2 Å². The lowest BCUT2D eigenvalue weighted by molar-refractivity contribution is 0.0944. The molecule has 1 rings (SSSR count). The number of hydrogen-bond acceptors (Lipinski definition) is 3. The summed E-state index contributed by atoms with van der Waals surface area (Å²) in [5.74, 6) is 1.50.